The van der Waals surface area contributed by atoms with E-state index in [0.29, 0.717) is 13.2 Å². The highest BCUT2D eigenvalue weighted by Crippen LogP contribution is 2.13. The zero-order chi connectivity index (χ0) is 17.0. The number of morpholine rings is 1. The third-order valence-electron chi connectivity index (χ3n) is 3.80. The Morgan fingerprint density at radius 1 is 1.24 bits per heavy atom. The molecule has 0 atom stereocenters. The molecule has 142 valence electrons. The topological polar surface area (TPSA) is 58.1 Å². The third-order valence-corrected chi connectivity index (χ3v) is 3.80. The predicted molar refractivity (Wildman–Crippen MR) is 113 cm³/mol. The number of hydrogen-bond donors (Lipinski definition) is 2. The van der Waals surface area contributed by atoms with Crippen molar-refractivity contribution in [1.29, 1.82) is 0 Å². The fourth-order valence-electron chi connectivity index (χ4n) is 2.57. The van der Waals surface area contributed by atoms with Crippen molar-refractivity contribution in [2.24, 2.45) is 4.99 Å². The first-order valence-electron chi connectivity index (χ1n) is 8.85. The molecule has 1 aliphatic heterocycles. The molecule has 1 aromatic rings. The second kappa shape index (κ2) is 13.2. The summed E-state index contributed by atoms with van der Waals surface area (Å²) in [6, 6.07) is 8.10. The van der Waals surface area contributed by atoms with Crippen LogP contribution in [0.5, 0.6) is 5.75 Å². The van der Waals surface area contributed by atoms with Crippen molar-refractivity contribution >= 4 is 29.9 Å². The monoisotopic (exact) mass is 462 g/mol. The molecule has 1 heterocycles. The summed E-state index contributed by atoms with van der Waals surface area (Å²) in [7, 11) is 0. The van der Waals surface area contributed by atoms with Crippen LogP contribution < -0.4 is 15.4 Å². The molecular weight excluding hydrogens is 431 g/mol. The van der Waals surface area contributed by atoms with Gasteiger partial charge in [-0.05, 0) is 31.5 Å². The van der Waals surface area contributed by atoms with Gasteiger partial charge in [0.25, 0.3) is 0 Å². The molecule has 0 bridgehead atoms. The van der Waals surface area contributed by atoms with Crippen molar-refractivity contribution in [2.45, 2.75) is 20.4 Å². The van der Waals surface area contributed by atoms with Gasteiger partial charge in [-0.3, -0.25) is 4.90 Å². The molecule has 1 saturated heterocycles. The Kier molecular flexibility index (Phi) is 11.6. The molecule has 1 aliphatic rings. The normalized spacial score (nSPS) is 15.4. The SMILES string of the molecule is CCNC(=NCc1cccc(OCC)c1)NCCN1CCOCC1.I. The molecule has 6 nitrogen and oxygen atoms in total. The lowest BCUT2D eigenvalue weighted by molar-refractivity contribution is 0.0389. The number of nitrogens with one attached hydrogen (secondary N) is 2. The Labute approximate surface area is 168 Å². The molecule has 0 saturated carbocycles. The average Bonchev–Trinajstić information content (AvgIpc) is 2.61. The van der Waals surface area contributed by atoms with Gasteiger partial charge in [-0.2, -0.15) is 0 Å². The van der Waals surface area contributed by atoms with Crippen molar-refractivity contribution in [3.8, 4) is 5.75 Å². The second-order valence-corrected chi connectivity index (χ2v) is 5.66. The average molecular weight is 462 g/mol. The summed E-state index contributed by atoms with van der Waals surface area (Å²) in [5.74, 6) is 1.75. The van der Waals surface area contributed by atoms with Gasteiger partial charge in [0.15, 0.2) is 5.96 Å². The van der Waals surface area contributed by atoms with E-state index in [4.69, 9.17) is 9.47 Å². The summed E-state index contributed by atoms with van der Waals surface area (Å²) in [4.78, 5) is 7.07. The molecule has 0 aliphatic carbocycles. The van der Waals surface area contributed by atoms with E-state index in [2.05, 4.69) is 33.5 Å². The zero-order valence-electron chi connectivity index (χ0n) is 15.3. The van der Waals surface area contributed by atoms with Crippen LogP contribution in [0.1, 0.15) is 19.4 Å². The quantitative estimate of drug-likeness (QED) is 0.352. The van der Waals surface area contributed by atoms with E-state index in [-0.39, 0.29) is 24.0 Å². The van der Waals surface area contributed by atoms with Crippen LogP contribution in [0.2, 0.25) is 0 Å². The smallest absolute Gasteiger partial charge is 0.191 e. The van der Waals surface area contributed by atoms with E-state index in [1.165, 1.54) is 0 Å². The van der Waals surface area contributed by atoms with E-state index in [9.17, 15) is 0 Å². The second-order valence-electron chi connectivity index (χ2n) is 5.66. The van der Waals surface area contributed by atoms with Crippen molar-refractivity contribution in [3.05, 3.63) is 29.8 Å². The highest BCUT2D eigenvalue weighted by molar-refractivity contribution is 14.0. The Balaban J connectivity index is 0.00000312. The minimum absolute atomic E-state index is 0. The maximum atomic E-state index is 5.54. The molecule has 0 radical (unpaired) electrons. The fraction of sp³-hybridized carbons (Fsp3) is 0.611. The number of hydrogen-bond acceptors (Lipinski definition) is 4. The van der Waals surface area contributed by atoms with Crippen LogP contribution in [0.15, 0.2) is 29.3 Å². The van der Waals surface area contributed by atoms with Crippen LogP contribution in [0.3, 0.4) is 0 Å². The highest BCUT2D eigenvalue weighted by Gasteiger charge is 2.09. The zero-order valence-corrected chi connectivity index (χ0v) is 17.6. The molecule has 0 aromatic heterocycles. The van der Waals surface area contributed by atoms with Gasteiger partial charge in [0.05, 0.1) is 26.4 Å². The fourth-order valence-corrected chi connectivity index (χ4v) is 2.57. The molecule has 1 aromatic carbocycles. The molecular formula is C18H31IN4O2. The lowest BCUT2D eigenvalue weighted by Gasteiger charge is -2.26. The summed E-state index contributed by atoms with van der Waals surface area (Å²) in [5.41, 5.74) is 1.14. The standard InChI is InChI=1S/C18H30N4O2.HI/c1-3-19-18(20-8-9-22-10-12-23-13-11-22)21-15-16-6-5-7-17(14-16)24-4-2;/h5-7,14H,3-4,8-13,15H2,1-2H3,(H2,19,20,21);1H. The molecule has 0 amide bonds. The van der Waals surface area contributed by atoms with Crippen molar-refractivity contribution in [1.82, 2.24) is 15.5 Å². The highest BCUT2D eigenvalue weighted by atomic mass is 127. The largest absolute Gasteiger partial charge is 0.494 e. The number of guanidine groups is 1. The van der Waals surface area contributed by atoms with Gasteiger partial charge in [0.2, 0.25) is 0 Å². The lowest BCUT2D eigenvalue weighted by atomic mass is 10.2. The van der Waals surface area contributed by atoms with Crippen LogP contribution >= 0.6 is 24.0 Å². The van der Waals surface area contributed by atoms with Gasteiger partial charge < -0.3 is 20.1 Å². The molecule has 2 N–H and O–H groups in total. The van der Waals surface area contributed by atoms with Crippen LogP contribution in [0.4, 0.5) is 0 Å². The number of nitrogens with zero attached hydrogens (tertiary/aromatic N) is 2. The molecule has 2 rings (SSSR count). The predicted octanol–water partition coefficient (Wildman–Crippen LogP) is 2.09. The summed E-state index contributed by atoms with van der Waals surface area (Å²) in [5, 5.41) is 6.70. The van der Waals surface area contributed by atoms with Crippen molar-refractivity contribution < 1.29 is 9.47 Å². The molecule has 0 spiro atoms. The van der Waals surface area contributed by atoms with E-state index in [1.807, 2.05) is 25.1 Å². The number of aliphatic imine (C=N–C) groups is 1. The molecule has 25 heavy (non-hydrogen) atoms. The van der Waals surface area contributed by atoms with Gasteiger partial charge in [-0.1, -0.05) is 12.1 Å². The first-order valence-corrected chi connectivity index (χ1v) is 8.85. The van der Waals surface area contributed by atoms with E-state index in [0.717, 1.165) is 63.2 Å². The number of rotatable bonds is 8. The van der Waals surface area contributed by atoms with Gasteiger partial charge in [0.1, 0.15) is 5.75 Å². The maximum Gasteiger partial charge on any atom is 0.191 e. The molecule has 0 unspecified atom stereocenters. The van der Waals surface area contributed by atoms with Crippen LogP contribution in [0.25, 0.3) is 0 Å². The van der Waals surface area contributed by atoms with Crippen LogP contribution in [-0.4, -0.2) is 63.4 Å². The summed E-state index contributed by atoms with van der Waals surface area (Å²) < 4.78 is 10.9. The summed E-state index contributed by atoms with van der Waals surface area (Å²) in [6.07, 6.45) is 0. The van der Waals surface area contributed by atoms with E-state index < -0.39 is 0 Å². The minimum Gasteiger partial charge on any atom is -0.494 e. The van der Waals surface area contributed by atoms with E-state index >= 15 is 0 Å². The number of ether oxygens (including phenoxy) is 2. The van der Waals surface area contributed by atoms with Gasteiger partial charge in [-0.25, -0.2) is 4.99 Å². The summed E-state index contributed by atoms with van der Waals surface area (Å²) >= 11 is 0. The summed E-state index contributed by atoms with van der Waals surface area (Å²) in [6.45, 7) is 11.8. The van der Waals surface area contributed by atoms with Crippen molar-refractivity contribution in [3.63, 3.8) is 0 Å². The Bertz CT molecular complexity index is 508. The number of halogens is 1. The van der Waals surface area contributed by atoms with Gasteiger partial charge >= 0.3 is 0 Å². The Morgan fingerprint density at radius 3 is 2.76 bits per heavy atom. The Hall–Kier alpha value is -1.06. The van der Waals surface area contributed by atoms with E-state index in [1.54, 1.807) is 0 Å². The first kappa shape index (κ1) is 22.0. The van der Waals surface area contributed by atoms with Crippen molar-refractivity contribution in [2.75, 3.05) is 52.5 Å². The van der Waals surface area contributed by atoms with Crippen LogP contribution in [0, 0.1) is 0 Å². The van der Waals surface area contributed by atoms with Gasteiger partial charge in [0, 0.05) is 32.7 Å². The number of benzene rings is 1. The third kappa shape index (κ3) is 8.73. The molecule has 1 fully saturated rings. The van der Waals surface area contributed by atoms with Crippen LogP contribution in [-0.2, 0) is 11.3 Å². The van der Waals surface area contributed by atoms with Gasteiger partial charge in [-0.15, -0.1) is 24.0 Å². The maximum absolute atomic E-state index is 5.54. The Morgan fingerprint density at radius 2 is 2.04 bits per heavy atom. The first-order chi connectivity index (χ1) is 11.8. The lowest BCUT2D eigenvalue weighted by Crippen LogP contribution is -2.44. The minimum atomic E-state index is 0. The molecule has 7 heteroatoms.